The van der Waals surface area contributed by atoms with Crippen LogP contribution in [-0.4, -0.2) is 17.2 Å². The highest BCUT2D eigenvalue weighted by molar-refractivity contribution is 7.80. The number of hydrogen-bond donors (Lipinski definition) is 2. The van der Waals surface area contributed by atoms with Crippen molar-refractivity contribution in [2.24, 2.45) is 0 Å². The molecule has 0 radical (unpaired) electrons. The predicted molar refractivity (Wildman–Crippen MR) is 56.3 cm³/mol. The minimum absolute atomic E-state index is 0.263. The molecule has 0 saturated heterocycles. The molecule has 0 amide bonds. The van der Waals surface area contributed by atoms with Crippen LogP contribution in [0.2, 0.25) is 0 Å². The van der Waals surface area contributed by atoms with Crippen LogP contribution in [0.3, 0.4) is 0 Å². The minimum atomic E-state index is 0.263. The van der Waals surface area contributed by atoms with E-state index < -0.39 is 0 Å². The van der Waals surface area contributed by atoms with Crippen LogP contribution in [0.4, 0.5) is 0 Å². The molecule has 0 heterocycles. The van der Waals surface area contributed by atoms with Gasteiger partial charge in [-0.25, -0.2) is 0 Å². The van der Waals surface area contributed by atoms with E-state index in [1.54, 1.807) is 0 Å². The summed E-state index contributed by atoms with van der Waals surface area (Å²) >= 11 is 5.14. The Morgan fingerprint density at radius 3 is 2.50 bits per heavy atom. The average Bonchev–Trinajstić information content (AvgIpc) is 2.36. The van der Waals surface area contributed by atoms with E-state index >= 15 is 0 Å². The summed E-state index contributed by atoms with van der Waals surface area (Å²) < 4.78 is 0. The number of hydrogen-bond acceptors (Lipinski definition) is 1. The van der Waals surface area contributed by atoms with E-state index in [0.29, 0.717) is 0 Å². The molecule has 1 rings (SSSR count). The van der Waals surface area contributed by atoms with Crippen molar-refractivity contribution in [3.05, 3.63) is 0 Å². The van der Waals surface area contributed by atoms with E-state index in [0.717, 1.165) is 11.7 Å². The van der Waals surface area contributed by atoms with Crippen LogP contribution in [0, 0.1) is 0 Å². The molecular weight excluding hydrogens is 168 g/mol. The van der Waals surface area contributed by atoms with Crippen molar-refractivity contribution < 1.29 is 0 Å². The summed E-state index contributed by atoms with van der Waals surface area (Å²) in [6.07, 6.45) is 5.16. The Labute approximate surface area is 80.1 Å². The Bertz CT molecular complexity index is 162. The number of rotatable bonds is 2. The first-order valence-corrected chi connectivity index (χ1v) is 5.13. The lowest BCUT2D eigenvalue weighted by Gasteiger charge is -2.26. The maximum absolute atomic E-state index is 5.14. The summed E-state index contributed by atoms with van der Waals surface area (Å²) in [5.41, 5.74) is 0.263. The molecule has 0 aromatic rings. The largest absolute Gasteiger partial charge is 0.363 e. The van der Waals surface area contributed by atoms with Gasteiger partial charge in [-0.2, -0.15) is 0 Å². The summed E-state index contributed by atoms with van der Waals surface area (Å²) in [7, 11) is 0. The average molecular weight is 186 g/mol. The highest BCUT2D eigenvalue weighted by Crippen LogP contribution is 2.28. The van der Waals surface area contributed by atoms with E-state index in [1.807, 2.05) is 0 Å². The van der Waals surface area contributed by atoms with E-state index in [1.165, 1.54) is 25.7 Å². The molecule has 1 aliphatic carbocycles. The van der Waals surface area contributed by atoms with Crippen LogP contribution in [0.1, 0.15) is 39.5 Å². The molecule has 3 heteroatoms. The summed E-state index contributed by atoms with van der Waals surface area (Å²) in [6, 6.07) is 0. The zero-order valence-corrected chi connectivity index (χ0v) is 8.76. The molecule has 12 heavy (non-hydrogen) atoms. The van der Waals surface area contributed by atoms with Crippen molar-refractivity contribution in [2.45, 2.75) is 45.1 Å². The van der Waals surface area contributed by atoms with Gasteiger partial charge in [0.05, 0.1) is 0 Å². The smallest absolute Gasteiger partial charge is 0.166 e. The molecule has 0 spiro atoms. The van der Waals surface area contributed by atoms with Gasteiger partial charge in [-0.05, 0) is 38.9 Å². The van der Waals surface area contributed by atoms with Crippen LogP contribution >= 0.6 is 12.2 Å². The summed E-state index contributed by atoms with van der Waals surface area (Å²) in [4.78, 5) is 0. The van der Waals surface area contributed by atoms with Gasteiger partial charge in [0, 0.05) is 12.1 Å². The molecule has 2 N–H and O–H groups in total. The van der Waals surface area contributed by atoms with E-state index in [2.05, 4.69) is 24.5 Å². The van der Waals surface area contributed by atoms with E-state index in [-0.39, 0.29) is 5.54 Å². The second-order valence-corrected chi connectivity index (χ2v) is 4.16. The fraction of sp³-hybridized carbons (Fsp3) is 0.889. The van der Waals surface area contributed by atoms with Crippen molar-refractivity contribution >= 4 is 17.3 Å². The Balaban J connectivity index is 2.33. The Morgan fingerprint density at radius 1 is 1.42 bits per heavy atom. The normalized spacial score (nSPS) is 20.5. The monoisotopic (exact) mass is 186 g/mol. The quantitative estimate of drug-likeness (QED) is 0.643. The molecule has 1 aliphatic rings. The van der Waals surface area contributed by atoms with E-state index in [4.69, 9.17) is 12.2 Å². The van der Waals surface area contributed by atoms with Gasteiger partial charge in [-0.15, -0.1) is 0 Å². The zero-order valence-electron chi connectivity index (χ0n) is 7.94. The molecule has 0 aromatic heterocycles. The first kappa shape index (κ1) is 9.78. The Kier molecular flexibility index (Phi) is 3.32. The second kappa shape index (κ2) is 4.08. The minimum Gasteiger partial charge on any atom is -0.363 e. The first-order valence-electron chi connectivity index (χ1n) is 4.72. The third-order valence-corrected chi connectivity index (χ3v) is 2.71. The van der Waals surface area contributed by atoms with Gasteiger partial charge in [0.1, 0.15) is 0 Å². The molecule has 70 valence electrons. The molecule has 0 unspecified atom stereocenters. The standard InChI is InChI=1S/C9H18N2S/c1-3-10-8(12)11-9(2)6-4-5-7-9/h3-7H2,1-2H3,(H2,10,11,12). The summed E-state index contributed by atoms with van der Waals surface area (Å²) in [6.45, 7) is 5.22. The summed E-state index contributed by atoms with van der Waals surface area (Å²) in [5.74, 6) is 0. The molecule has 0 aliphatic heterocycles. The predicted octanol–water partition coefficient (Wildman–Crippen LogP) is 1.80. The first-order chi connectivity index (χ1) is 5.66. The third kappa shape index (κ3) is 2.63. The van der Waals surface area contributed by atoms with Crippen LogP contribution in [0.25, 0.3) is 0 Å². The lowest BCUT2D eigenvalue weighted by molar-refractivity contribution is 0.429. The number of thiocarbonyl (C=S) groups is 1. The van der Waals surface area contributed by atoms with Crippen molar-refractivity contribution in [1.82, 2.24) is 10.6 Å². The fourth-order valence-electron chi connectivity index (χ4n) is 1.76. The number of nitrogens with one attached hydrogen (secondary N) is 2. The lowest BCUT2D eigenvalue weighted by atomic mass is 10.0. The third-order valence-electron chi connectivity index (χ3n) is 2.46. The molecule has 2 nitrogen and oxygen atoms in total. The van der Waals surface area contributed by atoms with Crippen molar-refractivity contribution in [3.63, 3.8) is 0 Å². The zero-order chi connectivity index (χ0) is 9.03. The molecule has 1 fully saturated rings. The maximum Gasteiger partial charge on any atom is 0.166 e. The fourth-order valence-corrected chi connectivity index (χ4v) is 2.15. The summed E-state index contributed by atoms with van der Waals surface area (Å²) in [5, 5.41) is 7.30. The van der Waals surface area contributed by atoms with Crippen molar-refractivity contribution in [3.8, 4) is 0 Å². The maximum atomic E-state index is 5.14. The molecule has 0 atom stereocenters. The SMILES string of the molecule is CCNC(=S)NC1(C)CCCC1. The van der Waals surface area contributed by atoms with Gasteiger partial charge < -0.3 is 10.6 Å². The highest BCUT2D eigenvalue weighted by Gasteiger charge is 2.28. The van der Waals surface area contributed by atoms with Crippen molar-refractivity contribution in [1.29, 1.82) is 0 Å². The topological polar surface area (TPSA) is 24.1 Å². The second-order valence-electron chi connectivity index (χ2n) is 3.75. The Morgan fingerprint density at radius 2 is 2.00 bits per heavy atom. The molecule has 1 saturated carbocycles. The van der Waals surface area contributed by atoms with E-state index in [9.17, 15) is 0 Å². The van der Waals surface area contributed by atoms with Gasteiger partial charge in [-0.1, -0.05) is 12.8 Å². The van der Waals surface area contributed by atoms with Gasteiger partial charge in [0.15, 0.2) is 5.11 Å². The van der Waals surface area contributed by atoms with Crippen LogP contribution in [-0.2, 0) is 0 Å². The van der Waals surface area contributed by atoms with Crippen molar-refractivity contribution in [2.75, 3.05) is 6.54 Å². The van der Waals surface area contributed by atoms with Crippen LogP contribution in [0.5, 0.6) is 0 Å². The lowest BCUT2D eigenvalue weighted by Crippen LogP contribution is -2.48. The van der Waals surface area contributed by atoms with Gasteiger partial charge in [0.25, 0.3) is 0 Å². The van der Waals surface area contributed by atoms with Crippen LogP contribution in [0.15, 0.2) is 0 Å². The van der Waals surface area contributed by atoms with Gasteiger partial charge >= 0.3 is 0 Å². The Hall–Kier alpha value is -0.310. The van der Waals surface area contributed by atoms with Crippen LogP contribution < -0.4 is 10.6 Å². The van der Waals surface area contributed by atoms with Gasteiger partial charge in [0.2, 0.25) is 0 Å². The molecule has 0 aromatic carbocycles. The highest BCUT2D eigenvalue weighted by atomic mass is 32.1. The molecule has 0 bridgehead atoms. The molecular formula is C9H18N2S. The van der Waals surface area contributed by atoms with Gasteiger partial charge in [-0.3, -0.25) is 0 Å².